The van der Waals surface area contributed by atoms with Crippen molar-refractivity contribution in [3.05, 3.63) is 59.3 Å². The molecular formula is C18H16F6N2O3. The largest absolute Gasteiger partial charge is 0.468 e. The normalized spacial score (nSPS) is 11.9. The van der Waals surface area contributed by atoms with Gasteiger partial charge in [0, 0.05) is 24.4 Å². The van der Waals surface area contributed by atoms with Crippen molar-refractivity contribution < 1.29 is 40.6 Å². The minimum atomic E-state index is -4.49. The Morgan fingerprint density at radius 3 is 2.21 bits per heavy atom. The number of nitrogens with one attached hydrogen (secondary N) is 1. The Bertz CT molecular complexity index is 806. The summed E-state index contributed by atoms with van der Waals surface area (Å²) in [6.07, 6.45) is -7.65. The highest BCUT2D eigenvalue weighted by Crippen LogP contribution is 2.18. The number of benzene rings is 1. The maximum atomic E-state index is 12.2. The van der Waals surface area contributed by atoms with E-state index in [1.165, 1.54) is 42.6 Å². The third-order valence-corrected chi connectivity index (χ3v) is 3.39. The molecule has 0 atom stereocenters. The van der Waals surface area contributed by atoms with Crippen LogP contribution in [0.1, 0.15) is 21.5 Å². The van der Waals surface area contributed by atoms with Crippen LogP contribution in [0.25, 0.3) is 0 Å². The van der Waals surface area contributed by atoms with Crippen molar-refractivity contribution in [1.82, 2.24) is 10.3 Å². The molecule has 1 heterocycles. The summed E-state index contributed by atoms with van der Waals surface area (Å²) in [4.78, 5) is 15.8. The molecule has 2 rings (SSSR count). The van der Waals surface area contributed by atoms with Crippen molar-refractivity contribution in [2.24, 2.45) is 0 Å². The van der Waals surface area contributed by atoms with E-state index in [4.69, 9.17) is 0 Å². The topological polar surface area (TPSA) is 60.5 Å². The molecule has 0 saturated heterocycles. The van der Waals surface area contributed by atoms with E-state index in [1.807, 2.05) is 0 Å². The van der Waals surface area contributed by atoms with Crippen LogP contribution in [-0.2, 0) is 17.9 Å². The lowest BCUT2D eigenvalue weighted by Gasteiger charge is -2.10. The van der Waals surface area contributed by atoms with Crippen molar-refractivity contribution in [3.8, 4) is 5.88 Å². The number of aromatic nitrogens is 1. The molecule has 1 aromatic carbocycles. The van der Waals surface area contributed by atoms with Gasteiger partial charge < -0.3 is 14.8 Å². The second kappa shape index (κ2) is 9.59. The fourth-order valence-electron chi connectivity index (χ4n) is 2.12. The van der Waals surface area contributed by atoms with Gasteiger partial charge in [0.1, 0.15) is 6.61 Å². The summed E-state index contributed by atoms with van der Waals surface area (Å²) in [7, 11) is 0. The highest BCUT2D eigenvalue weighted by Gasteiger charge is 2.28. The zero-order valence-corrected chi connectivity index (χ0v) is 14.8. The van der Waals surface area contributed by atoms with E-state index < -0.39 is 31.5 Å². The lowest BCUT2D eigenvalue weighted by Crippen LogP contribution is -2.23. The lowest BCUT2D eigenvalue weighted by molar-refractivity contribution is -0.176. The van der Waals surface area contributed by atoms with Crippen LogP contribution < -0.4 is 10.1 Å². The molecule has 0 aliphatic carbocycles. The van der Waals surface area contributed by atoms with Gasteiger partial charge in [-0.25, -0.2) is 4.98 Å². The zero-order valence-electron chi connectivity index (χ0n) is 14.8. The molecule has 1 amide bonds. The quantitative estimate of drug-likeness (QED) is 0.653. The van der Waals surface area contributed by atoms with E-state index in [9.17, 15) is 31.1 Å². The number of pyridine rings is 1. The highest BCUT2D eigenvalue weighted by molar-refractivity contribution is 5.94. The summed E-state index contributed by atoms with van der Waals surface area (Å²) >= 11 is 0. The number of alkyl halides is 6. The number of hydrogen-bond donors (Lipinski definition) is 1. The zero-order chi connectivity index (χ0) is 21.5. The number of amides is 1. The van der Waals surface area contributed by atoms with Crippen molar-refractivity contribution in [3.63, 3.8) is 0 Å². The highest BCUT2D eigenvalue weighted by atomic mass is 19.4. The number of nitrogens with zero attached hydrogens (tertiary/aromatic N) is 1. The Hall–Kier alpha value is -2.82. The van der Waals surface area contributed by atoms with Crippen LogP contribution in [0, 0.1) is 0 Å². The Morgan fingerprint density at radius 2 is 1.59 bits per heavy atom. The van der Waals surface area contributed by atoms with Crippen molar-refractivity contribution in [2.75, 3.05) is 13.2 Å². The molecule has 0 fully saturated rings. The van der Waals surface area contributed by atoms with E-state index in [-0.39, 0.29) is 24.6 Å². The van der Waals surface area contributed by atoms with Crippen molar-refractivity contribution >= 4 is 5.91 Å². The molecule has 158 valence electrons. The molecule has 1 N–H and O–H groups in total. The van der Waals surface area contributed by atoms with Crippen LogP contribution >= 0.6 is 0 Å². The first kappa shape index (κ1) is 22.5. The second-order valence-electron chi connectivity index (χ2n) is 5.89. The second-order valence-corrected chi connectivity index (χ2v) is 5.89. The Labute approximate surface area is 161 Å². The summed E-state index contributed by atoms with van der Waals surface area (Å²) in [6, 6.07) is 8.54. The number of carbonyl (C=O) groups excluding carboxylic acids is 1. The first-order valence-electron chi connectivity index (χ1n) is 8.18. The first-order valence-corrected chi connectivity index (χ1v) is 8.18. The van der Waals surface area contributed by atoms with Gasteiger partial charge in [-0.15, -0.1) is 0 Å². The van der Waals surface area contributed by atoms with E-state index in [1.54, 1.807) is 0 Å². The van der Waals surface area contributed by atoms with Crippen LogP contribution in [0.15, 0.2) is 42.6 Å². The predicted octanol–water partition coefficient (Wildman–Crippen LogP) is 4.03. The van der Waals surface area contributed by atoms with Gasteiger partial charge >= 0.3 is 12.4 Å². The molecule has 1 aromatic heterocycles. The van der Waals surface area contributed by atoms with Gasteiger partial charge in [0.05, 0.1) is 6.61 Å². The van der Waals surface area contributed by atoms with E-state index >= 15 is 0 Å². The van der Waals surface area contributed by atoms with E-state index in [0.717, 1.165) is 0 Å². The average molecular weight is 422 g/mol. The molecule has 0 radical (unpaired) electrons. The first-order chi connectivity index (χ1) is 13.5. The number of halogens is 6. The third-order valence-electron chi connectivity index (χ3n) is 3.39. The van der Waals surface area contributed by atoms with Crippen LogP contribution in [0.3, 0.4) is 0 Å². The standard InChI is InChI=1S/C18H16F6N2O3/c19-17(20,21)10-28-9-12-1-3-14(4-2-12)16(27)26-8-13-5-6-25-15(7-13)29-11-18(22,23)24/h1-7H,8-11H2,(H,26,27). The maximum absolute atomic E-state index is 12.2. The van der Waals surface area contributed by atoms with Crippen molar-refractivity contribution in [2.45, 2.75) is 25.5 Å². The molecular weight excluding hydrogens is 406 g/mol. The third kappa shape index (κ3) is 8.81. The fraction of sp³-hybridized carbons (Fsp3) is 0.333. The van der Waals surface area contributed by atoms with Gasteiger partial charge in [-0.1, -0.05) is 12.1 Å². The van der Waals surface area contributed by atoms with Gasteiger partial charge in [0.25, 0.3) is 5.91 Å². The summed E-state index contributed by atoms with van der Waals surface area (Å²) in [5.74, 6) is -0.695. The number of hydrogen-bond acceptors (Lipinski definition) is 4. The fourth-order valence-corrected chi connectivity index (χ4v) is 2.12. The molecule has 0 spiro atoms. The Balaban J connectivity index is 1.84. The van der Waals surface area contributed by atoms with Gasteiger partial charge in [-0.3, -0.25) is 4.79 Å². The molecule has 11 heteroatoms. The Kier molecular flexibility index (Phi) is 7.43. The summed E-state index contributed by atoms with van der Waals surface area (Å²) < 4.78 is 81.7. The van der Waals surface area contributed by atoms with E-state index in [0.29, 0.717) is 11.1 Å². The molecule has 0 saturated carbocycles. The number of rotatable bonds is 8. The monoisotopic (exact) mass is 422 g/mol. The Morgan fingerprint density at radius 1 is 0.931 bits per heavy atom. The molecule has 0 unspecified atom stereocenters. The minimum absolute atomic E-state index is 0.0141. The minimum Gasteiger partial charge on any atom is -0.468 e. The average Bonchev–Trinajstić information content (AvgIpc) is 2.64. The molecule has 0 aliphatic heterocycles. The van der Waals surface area contributed by atoms with Gasteiger partial charge in [0.2, 0.25) is 5.88 Å². The van der Waals surface area contributed by atoms with Crippen LogP contribution in [0.2, 0.25) is 0 Å². The lowest BCUT2D eigenvalue weighted by atomic mass is 10.1. The van der Waals surface area contributed by atoms with Crippen LogP contribution in [-0.4, -0.2) is 36.5 Å². The van der Waals surface area contributed by atoms with Gasteiger partial charge in [-0.05, 0) is 29.3 Å². The molecule has 0 bridgehead atoms. The van der Waals surface area contributed by atoms with E-state index in [2.05, 4.69) is 19.8 Å². The molecule has 0 aliphatic rings. The molecule has 5 nitrogen and oxygen atoms in total. The molecule has 2 aromatic rings. The predicted molar refractivity (Wildman–Crippen MR) is 89.1 cm³/mol. The smallest absolute Gasteiger partial charge is 0.422 e. The van der Waals surface area contributed by atoms with Crippen molar-refractivity contribution in [1.29, 1.82) is 0 Å². The maximum Gasteiger partial charge on any atom is 0.422 e. The number of ether oxygens (including phenoxy) is 2. The molecule has 29 heavy (non-hydrogen) atoms. The van der Waals surface area contributed by atoms with Gasteiger partial charge in [0.15, 0.2) is 6.61 Å². The summed E-state index contributed by atoms with van der Waals surface area (Å²) in [6.45, 7) is -3.08. The van der Waals surface area contributed by atoms with Gasteiger partial charge in [-0.2, -0.15) is 26.3 Å². The van der Waals surface area contributed by atoms with Crippen LogP contribution in [0.5, 0.6) is 5.88 Å². The summed E-state index contributed by atoms with van der Waals surface area (Å²) in [5, 5.41) is 2.57. The SMILES string of the molecule is O=C(NCc1ccnc(OCC(F)(F)F)c1)c1ccc(COCC(F)(F)F)cc1. The number of carbonyl (C=O) groups is 1. The summed E-state index contributed by atoms with van der Waals surface area (Å²) in [5.41, 5.74) is 1.20. The van der Waals surface area contributed by atoms with Crippen LogP contribution in [0.4, 0.5) is 26.3 Å².